The van der Waals surface area contributed by atoms with Crippen molar-refractivity contribution in [2.45, 2.75) is 26.3 Å². The molecule has 0 aliphatic heterocycles. The maximum Gasteiger partial charge on any atom is 0.288 e. The number of carbonyl (C=O) groups excluding carboxylic acids is 1. The SMILES string of the molecule is CC(C)N(CCCO)C(=O)c1cc([N+](=O)[O-])cnc1Cl. The minimum Gasteiger partial charge on any atom is -0.396 e. The molecule has 0 radical (unpaired) electrons. The molecule has 1 aromatic rings. The molecule has 0 spiro atoms. The average Bonchev–Trinajstić information content (AvgIpc) is 2.38. The molecule has 1 N–H and O–H groups in total. The summed E-state index contributed by atoms with van der Waals surface area (Å²) in [6.07, 6.45) is 1.43. The van der Waals surface area contributed by atoms with E-state index < -0.39 is 10.8 Å². The lowest BCUT2D eigenvalue weighted by Crippen LogP contribution is -2.38. The molecule has 0 unspecified atom stereocenters. The first kappa shape index (κ1) is 16.3. The van der Waals surface area contributed by atoms with Crippen LogP contribution in [0, 0.1) is 10.1 Å². The zero-order valence-electron chi connectivity index (χ0n) is 11.2. The lowest BCUT2D eigenvalue weighted by Gasteiger charge is -2.26. The van der Waals surface area contributed by atoms with Gasteiger partial charge in [-0.15, -0.1) is 0 Å². The maximum atomic E-state index is 12.4. The van der Waals surface area contributed by atoms with Crippen LogP contribution in [-0.4, -0.2) is 45.0 Å². The first-order chi connectivity index (χ1) is 9.38. The van der Waals surface area contributed by atoms with Gasteiger partial charge in [-0.1, -0.05) is 11.6 Å². The van der Waals surface area contributed by atoms with E-state index in [-0.39, 0.29) is 29.1 Å². The standard InChI is InChI=1S/C12H16ClN3O4/c1-8(2)15(4-3-5-17)12(18)10-6-9(16(19)20)7-14-11(10)13/h6-8,17H,3-5H2,1-2H3. The minimum atomic E-state index is -0.631. The van der Waals surface area contributed by atoms with Gasteiger partial charge in [-0.05, 0) is 20.3 Å². The Kier molecular flexibility index (Phi) is 5.84. The normalized spacial score (nSPS) is 10.7. The molecule has 0 aliphatic carbocycles. The summed E-state index contributed by atoms with van der Waals surface area (Å²) in [4.78, 5) is 27.6. The van der Waals surface area contributed by atoms with Gasteiger partial charge in [0.2, 0.25) is 0 Å². The third-order valence-corrected chi connectivity index (χ3v) is 3.01. The highest BCUT2D eigenvalue weighted by atomic mass is 35.5. The maximum absolute atomic E-state index is 12.4. The Labute approximate surface area is 121 Å². The van der Waals surface area contributed by atoms with Crippen LogP contribution in [0.3, 0.4) is 0 Å². The van der Waals surface area contributed by atoms with E-state index in [9.17, 15) is 14.9 Å². The number of amides is 1. The molecule has 20 heavy (non-hydrogen) atoms. The van der Waals surface area contributed by atoms with Gasteiger partial charge in [-0.25, -0.2) is 4.98 Å². The number of halogens is 1. The fourth-order valence-electron chi connectivity index (χ4n) is 1.68. The second kappa shape index (κ2) is 7.16. The Morgan fingerprint density at radius 1 is 1.60 bits per heavy atom. The van der Waals surface area contributed by atoms with Crippen LogP contribution in [0.1, 0.15) is 30.6 Å². The summed E-state index contributed by atoms with van der Waals surface area (Å²) in [5, 5.41) is 19.5. The molecule has 8 heteroatoms. The number of aromatic nitrogens is 1. The van der Waals surface area contributed by atoms with Gasteiger partial charge < -0.3 is 10.0 Å². The summed E-state index contributed by atoms with van der Waals surface area (Å²) in [7, 11) is 0. The van der Waals surface area contributed by atoms with E-state index in [0.29, 0.717) is 13.0 Å². The predicted molar refractivity (Wildman–Crippen MR) is 73.8 cm³/mol. The number of carbonyl (C=O) groups is 1. The summed E-state index contributed by atoms with van der Waals surface area (Å²) in [6.45, 7) is 3.92. The molecular formula is C12H16ClN3O4. The second-order valence-corrected chi connectivity index (χ2v) is 4.82. The molecule has 1 rings (SSSR count). The Bertz CT molecular complexity index is 507. The molecule has 0 atom stereocenters. The number of aliphatic hydroxyl groups excluding tert-OH is 1. The van der Waals surface area contributed by atoms with Crippen molar-refractivity contribution in [1.82, 2.24) is 9.88 Å². The molecule has 1 amide bonds. The van der Waals surface area contributed by atoms with Crippen molar-refractivity contribution in [3.05, 3.63) is 33.1 Å². The molecule has 110 valence electrons. The van der Waals surface area contributed by atoms with Crippen molar-refractivity contribution in [3.8, 4) is 0 Å². The van der Waals surface area contributed by atoms with E-state index in [2.05, 4.69) is 4.98 Å². The molecule has 0 fully saturated rings. The zero-order chi connectivity index (χ0) is 15.3. The molecule has 7 nitrogen and oxygen atoms in total. The molecule has 1 aromatic heterocycles. The van der Waals surface area contributed by atoms with Gasteiger partial charge in [0, 0.05) is 25.3 Å². The highest BCUT2D eigenvalue weighted by molar-refractivity contribution is 6.32. The van der Waals surface area contributed by atoms with E-state index in [1.807, 2.05) is 13.8 Å². The van der Waals surface area contributed by atoms with Crippen LogP contribution in [0.15, 0.2) is 12.3 Å². The predicted octanol–water partition coefficient (Wildman–Crippen LogP) is 1.88. The quantitative estimate of drug-likeness (QED) is 0.491. The van der Waals surface area contributed by atoms with Crippen molar-refractivity contribution in [1.29, 1.82) is 0 Å². The van der Waals surface area contributed by atoms with Crippen LogP contribution in [0.4, 0.5) is 5.69 Å². The molecule has 0 bridgehead atoms. The lowest BCUT2D eigenvalue weighted by atomic mass is 10.2. The first-order valence-corrected chi connectivity index (χ1v) is 6.48. The molecule has 0 saturated heterocycles. The summed E-state index contributed by atoms with van der Waals surface area (Å²) < 4.78 is 0. The fraction of sp³-hybridized carbons (Fsp3) is 0.500. The second-order valence-electron chi connectivity index (χ2n) is 4.46. The summed E-state index contributed by atoms with van der Waals surface area (Å²) in [6, 6.07) is 0.996. The largest absolute Gasteiger partial charge is 0.396 e. The van der Waals surface area contributed by atoms with Gasteiger partial charge in [-0.3, -0.25) is 14.9 Å². The van der Waals surface area contributed by atoms with Crippen molar-refractivity contribution in [2.24, 2.45) is 0 Å². The van der Waals surface area contributed by atoms with Gasteiger partial charge in [0.1, 0.15) is 11.3 Å². The zero-order valence-corrected chi connectivity index (χ0v) is 12.0. The van der Waals surface area contributed by atoms with Crippen molar-refractivity contribution in [2.75, 3.05) is 13.2 Å². The van der Waals surface area contributed by atoms with E-state index >= 15 is 0 Å². The number of aliphatic hydroxyl groups is 1. The molecule has 1 heterocycles. The van der Waals surface area contributed by atoms with Gasteiger partial charge in [0.15, 0.2) is 0 Å². The monoisotopic (exact) mass is 301 g/mol. The number of pyridine rings is 1. The van der Waals surface area contributed by atoms with Crippen LogP contribution >= 0.6 is 11.6 Å². The third kappa shape index (κ3) is 3.88. The van der Waals surface area contributed by atoms with Gasteiger partial charge in [-0.2, -0.15) is 0 Å². The lowest BCUT2D eigenvalue weighted by molar-refractivity contribution is -0.385. The number of nitrogens with zero attached hydrogens (tertiary/aromatic N) is 3. The first-order valence-electron chi connectivity index (χ1n) is 6.10. The number of hydrogen-bond acceptors (Lipinski definition) is 5. The Morgan fingerprint density at radius 3 is 2.75 bits per heavy atom. The van der Waals surface area contributed by atoms with E-state index in [1.54, 1.807) is 0 Å². The van der Waals surface area contributed by atoms with Crippen LogP contribution < -0.4 is 0 Å². The van der Waals surface area contributed by atoms with Crippen molar-refractivity contribution in [3.63, 3.8) is 0 Å². The topological polar surface area (TPSA) is 96.6 Å². The third-order valence-electron chi connectivity index (χ3n) is 2.71. The summed E-state index contributed by atoms with van der Waals surface area (Å²) in [5.74, 6) is -0.436. The van der Waals surface area contributed by atoms with Crippen LogP contribution in [0.2, 0.25) is 5.15 Å². The van der Waals surface area contributed by atoms with E-state index in [1.165, 1.54) is 4.90 Å². The fourth-order valence-corrected chi connectivity index (χ4v) is 1.86. The number of hydrogen-bond donors (Lipinski definition) is 1. The highest BCUT2D eigenvalue weighted by Gasteiger charge is 2.23. The van der Waals surface area contributed by atoms with Crippen molar-refractivity contribution >= 4 is 23.2 Å². The van der Waals surface area contributed by atoms with E-state index in [4.69, 9.17) is 16.7 Å². The van der Waals surface area contributed by atoms with Gasteiger partial charge in [0.25, 0.3) is 11.6 Å². The molecule has 0 saturated carbocycles. The van der Waals surface area contributed by atoms with Crippen LogP contribution in [0.25, 0.3) is 0 Å². The molecular weight excluding hydrogens is 286 g/mol. The Hall–Kier alpha value is -1.73. The minimum absolute atomic E-state index is 0.00694. The Balaban J connectivity index is 3.10. The van der Waals surface area contributed by atoms with Gasteiger partial charge in [0.05, 0.1) is 10.5 Å². The van der Waals surface area contributed by atoms with Crippen LogP contribution in [0.5, 0.6) is 0 Å². The molecule has 0 aliphatic rings. The summed E-state index contributed by atoms with van der Waals surface area (Å²) in [5.41, 5.74) is -0.295. The Morgan fingerprint density at radius 2 is 2.25 bits per heavy atom. The van der Waals surface area contributed by atoms with E-state index in [0.717, 1.165) is 12.3 Å². The highest BCUT2D eigenvalue weighted by Crippen LogP contribution is 2.21. The van der Waals surface area contributed by atoms with Gasteiger partial charge >= 0.3 is 0 Å². The van der Waals surface area contributed by atoms with Crippen LogP contribution in [-0.2, 0) is 0 Å². The smallest absolute Gasteiger partial charge is 0.288 e. The molecule has 0 aromatic carbocycles. The number of rotatable bonds is 6. The average molecular weight is 302 g/mol. The summed E-state index contributed by atoms with van der Waals surface area (Å²) >= 11 is 5.85. The van der Waals surface area contributed by atoms with Crippen molar-refractivity contribution < 1.29 is 14.8 Å². The number of nitro groups is 1.